The molecule has 1 nitrogen and oxygen atoms in total. The van der Waals surface area contributed by atoms with Gasteiger partial charge >= 0.3 is 0 Å². The van der Waals surface area contributed by atoms with Gasteiger partial charge in [-0.15, -0.1) is 0 Å². The summed E-state index contributed by atoms with van der Waals surface area (Å²) < 4.78 is 0. The average molecular weight is 272 g/mol. The van der Waals surface area contributed by atoms with Crippen molar-refractivity contribution in [3.8, 4) is 0 Å². The van der Waals surface area contributed by atoms with E-state index < -0.39 is 0 Å². The molecule has 0 saturated heterocycles. The van der Waals surface area contributed by atoms with E-state index in [-0.39, 0.29) is 0 Å². The van der Waals surface area contributed by atoms with Gasteiger partial charge in [0.1, 0.15) is 0 Å². The van der Waals surface area contributed by atoms with Crippen molar-refractivity contribution in [1.82, 2.24) is 4.90 Å². The van der Waals surface area contributed by atoms with Crippen LogP contribution in [0.4, 0.5) is 0 Å². The molecule has 98 valence electrons. The highest BCUT2D eigenvalue weighted by atomic mass is 35.5. The lowest BCUT2D eigenvalue weighted by molar-refractivity contribution is 0.225. The van der Waals surface area contributed by atoms with Gasteiger partial charge in [0.25, 0.3) is 0 Å². The van der Waals surface area contributed by atoms with Gasteiger partial charge < -0.3 is 0 Å². The molecule has 0 fully saturated rings. The number of hydrogen-bond acceptors (Lipinski definition) is 1. The third-order valence-electron chi connectivity index (χ3n) is 3.99. The van der Waals surface area contributed by atoms with Crippen molar-refractivity contribution in [2.75, 3.05) is 13.1 Å². The zero-order chi connectivity index (χ0) is 13.2. The first-order valence-electron chi connectivity index (χ1n) is 6.87. The number of fused-ring (bicyclic) bond motifs is 1. The molecule has 1 atom stereocenters. The number of likely N-dealkylation sites (N-methyl/N-ethyl adjacent to an activating group) is 1. The molecule has 0 amide bonds. The van der Waals surface area contributed by atoms with Crippen LogP contribution < -0.4 is 0 Å². The highest BCUT2D eigenvalue weighted by Crippen LogP contribution is 2.37. The normalized spacial score (nSPS) is 19.2. The Kier molecular flexibility index (Phi) is 3.58. The van der Waals surface area contributed by atoms with E-state index in [2.05, 4.69) is 48.2 Å². The van der Waals surface area contributed by atoms with Crippen LogP contribution in [0.5, 0.6) is 0 Å². The summed E-state index contributed by atoms with van der Waals surface area (Å²) in [7, 11) is 0. The molecule has 0 radical (unpaired) electrons. The number of nitrogens with zero attached hydrogens (tertiary/aromatic N) is 1. The molecular weight excluding hydrogens is 254 g/mol. The lowest BCUT2D eigenvalue weighted by Crippen LogP contribution is -2.36. The van der Waals surface area contributed by atoms with Crippen LogP contribution in [0.3, 0.4) is 0 Å². The number of benzene rings is 2. The fourth-order valence-corrected chi connectivity index (χ4v) is 3.26. The van der Waals surface area contributed by atoms with Crippen LogP contribution in [0.15, 0.2) is 48.5 Å². The van der Waals surface area contributed by atoms with E-state index in [0.29, 0.717) is 6.04 Å². The number of halogens is 1. The Morgan fingerprint density at radius 3 is 2.47 bits per heavy atom. The second-order valence-electron chi connectivity index (χ2n) is 5.00. The molecule has 1 aliphatic heterocycles. The average Bonchev–Trinajstić information content (AvgIpc) is 2.47. The zero-order valence-electron chi connectivity index (χ0n) is 11.1. The van der Waals surface area contributed by atoms with Gasteiger partial charge in [-0.1, -0.05) is 61.0 Å². The molecule has 0 spiro atoms. The molecule has 1 unspecified atom stereocenters. The molecule has 0 aromatic heterocycles. The van der Waals surface area contributed by atoms with E-state index in [0.717, 1.165) is 24.5 Å². The Balaban J connectivity index is 2.13. The van der Waals surface area contributed by atoms with Crippen LogP contribution in [0, 0.1) is 0 Å². The van der Waals surface area contributed by atoms with Crippen LogP contribution in [0.1, 0.15) is 29.7 Å². The Bertz CT molecular complexity index is 579. The van der Waals surface area contributed by atoms with Gasteiger partial charge in [0, 0.05) is 11.6 Å². The highest BCUT2D eigenvalue weighted by Gasteiger charge is 2.28. The summed E-state index contributed by atoms with van der Waals surface area (Å²) in [4.78, 5) is 2.50. The molecule has 0 aliphatic carbocycles. The third kappa shape index (κ3) is 2.29. The van der Waals surface area contributed by atoms with E-state index in [4.69, 9.17) is 11.6 Å². The maximum absolute atomic E-state index is 6.42. The lowest BCUT2D eigenvalue weighted by atomic mass is 9.88. The van der Waals surface area contributed by atoms with Crippen LogP contribution in [0.25, 0.3) is 0 Å². The first-order valence-corrected chi connectivity index (χ1v) is 7.25. The van der Waals surface area contributed by atoms with Crippen molar-refractivity contribution in [3.63, 3.8) is 0 Å². The van der Waals surface area contributed by atoms with Gasteiger partial charge in [-0.2, -0.15) is 0 Å². The third-order valence-corrected chi connectivity index (χ3v) is 4.33. The fraction of sp³-hybridized carbons (Fsp3) is 0.294. The van der Waals surface area contributed by atoms with Crippen molar-refractivity contribution >= 4 is 11.6 Å². The van der Waals surface area contributed by atoms with Crippen molar-refractivity contribution in [3.05, 3.63) is 70.2 Å². The predicted octanol–water partition coefficient (Wildman–Crippen LogP) is 4.31. The Hall–Kier alpha value is -1.31. The number of rotatable bonds is 2. The summed E-state index contributed by atoms with van der Waals surface area (Å²) in [5.41, 5.74) is 4.08. The van der Waals surface area contributed by atoms with Gasteiger partial charge in [0.2, 0.25) is 0 Å². The van der Waals surface area contributed by atoms with Crippen LogP contribution in [-0.4, -0.2) is 18.0 Å². The number of hydrogen-bond donors (Lipinski definition) is 0. The van der Waals surface area contributed by atoms with Crippen LogP contribution in [0.2, 0.25) is 5.02 Å². The van der Waals surface area contributed by atoms with Crippen molar-refractivity contribution in [2.45, 2.75) is 19.4 Å². The molecule has 0 bridgehead atoms. The first-order chi connectivity index (χ1) is 9.31. The van der Waals surface area contributed by atoms with E-state index in [1.165, 1.54) is 16.7 Å². The maximum atomic E-state index is 6.42. The standard InChI is InChI=1S/C17H18ClN/c1-2-19-12-11-13-7-3-4-8-14(13)17(19)15-9-5-6-10-16(15)18/h3-10,17H,2,11-12H2,1H3. The molecule has 19 heavy (non-hydrogen) atoms. The molecule has 2 heteroatoms. The Morgan fingerprint density at radius 1 is 1.05 bits per heavy atom. The summed E-state index contributed by atoms with van der Waals surface area (Å²) in [6, 6.07) is 17.2. The monoisotopic (exact) mass is 271 g/mol. The van der Waals surface area contributed by atoms with E-state index in [1.807, 2.05) is 12.1 Å². The zero-order valence-corrected chi connectivity index (χ0v) is 11.9. The van der Waals surface area contributed by atoms with Gasteiger partial charge in [0.15, 0.2) is 0 Å². The minimum Gasteiger partial charge on any atom is -0.292 e. The van der Waals surface area contributed by atoms with Crippen LogP contribution >= 0.6 is 11.6 Å². The van der Waals surface area contributed by atoms with E-state index in [9.17, 15) is 0 Å². The van der Waals surface area contributed by atoms with Crippen molar-refractivity contribution in [1.29, 1.82) is 0 Å². The van der Waals surface area contributed by atoms with Gasteiger partial charge in [-0.05, 0) is 35.7 Å². The predicted molar refractivity (Wildman–Crippen MR) is 80.7 cm³/mol. The second-order valence-corrected chi connectivity index (χ2v) is 5.41. The van der Waals surface area contributed by atoms with E-state index >= 15 is 0 Å². The summed E-state index contributed by atoms with van der Waals surface area (Å²) >= 11 is 6.42. The van der Waals surface area contributed by atoms with E-state index in [1.54, 1.807) is 0 Å². The van der Waals surface area contributed by atoms with Gasteiger partial charge in [0.05, 0.1) is 6.04 Å². The fourth-order valence-electron chi connectivity index (χ4n) is 3.02. The molecule has 0 saturated carbocycles. The molecule has 0 N–H and O–H groups in total. The molecule has 1 aliphatic rings. The quantitative estimate of drug-likeness (QED) is 0.787. The minimum atomic E-state index is 0.295. The summed E-state index contributed by atoms with van der Waals surface area (Å²) in [5.74, 6) is 0. The Labute approximate surface area is 119 Å². The molecule has 3 rings (SSSR count). The smallest absolute Gasteiger partial charge is 0.0619 e. The van der Waals surface area contributed by atoms with Gasteiger partial charge in [-0.3, -0.25) is 4.90 Å². The summed E-state index contributed by atoms with van der Waals surface area (Å²) in [5, 5.41) is 0.864. The van der Waals surface area contributed by atoms with Crippen molar-refractivity contribution in [2.24, 2.45) is 0 Å². The Morgan fingerprint density at radius 2 is 1.74 bits per heavy atom. The first kappa shape index (κ1) is 12.7. The second kappa shape index (κ2) is 5.36. The largest absolute Gasteiger partial charge is 0.292 e. The summed E-state index contributed by atoms with van der Waals surface area (Å²) in [6.07, 6.45) is 1.13. The minimum absolute atomic E-state index is 0.295. The lowest BCUT2D eigenvalue weighted by Gasteiger charge is -2.37. The highest BCUT2D eigenvalue weighted by molar-refractivity contribution is 6.31. The van der Waals surface area contributed by atoms with Crippen molar-refractivity contribution < 1.29 is 0 Å². The topological polar surface area (TPSA) is 3.24 Å². The molecular formula is C17H18ClN. The molecule has 1 heterocycles. The van der Waals surface area contributed by atoms with Crippen LogP contribution in [-0.2, 0) is 6.42 Å². The SMILES string of the molecule is CCN1CCc2ccccc2C1c1ccccc1Cl. The molecule has 2 aromatic carbocycles. The summed E-state index contributed by atoms with van der Waals surface area (Å²) in [6.45, 7) is 4.37. The maximum Gasteiger partial charge on any atom is 0.0619 e. The van der Waals surface area contributed by atoms with Gasteiger partial charge in [-0.25, -0.2) is 0 Å². The molecule has 2 aromatic rings.